The van der Waals surface area contributed by atoms with Crippen LogP contribution in [-0.2, 0) is 11.2 Å². The number of H-pyrrole nitrogens is 1. The summed E-state index contributed by atoms with van der Waals surface area (Å²) < 4.78 is 6.61. The second-order valence-corrected chi connectivity index (χ2v) is 9.87. The van der Waals surface area contributed by atoms with Crippen molar-refractivity contribution in [1.82, 2.24) is 39.7 Å². The van der Waals surface area contributed by atoms with Crippen LogP contribution >= 0.6 is 0 Å². The van der Waals surface area contributed by atoms with E-state index in [-0.39, 0.29) is 55.2 Å². The lowest BCUT2D eigenvalue weighted by Crippen LogP contribution is -2.45. The zero-order valence-corrected chi connectivity index (χ0v) is 24.2. The minimum absolute atomic E-state index is 0.0416. The predicted molar refractivity (Wildman–Crippen MR) is 156 cm³/mol. The molecule has 0 saturated heterocycles. The molecule has 0 bridgehead atoms. The molecule has 4 aromatic rings. The lowest BCUT2D eigenvalue weighted by molar-refractivity contribution is 0.0580. The maximum atomic E-state index is 13.2. The number of nitrogen functional groups attached to an aromatic ring is 1. The number of ether oxygens (including phenoxy) is 1. The fourth-order valence-corrected chi connectivity index (χ4v) is 4.72. The number of aryl methyl sites for hydroxylation is 1. The summed E-state index contributed by atoms with van der Waals surface area (Å²) in [6.07, 6.45) is 6.32. The summed E-state index contributed by atoms with van der Waals surface area (Å²) in [5.74, 6) is 5.70. The molecule has 1 unspecified atom stereocenters. The van der Waals surface area contributed by atoms with E-state index in [0.29, 0.717) is 41.0 Å². The minimum atomic E-state index is -0.236. The van der Waals surface area contributed by atoms with Crippen molar-refractivity contribution in [3.63, 3.8) is 0 Å². The van der Waals surface area contributed by atoms with E-state index in [0.717, 1.165) is 12.0 Å². The van der Waals surface area contributed by atoms with Gasteiger partial charge < -0.3 is 20.5 Å². The summed E-state index contributed by atoms with van der Waals surface area (Å²) >= 11 is 0. The first-order valence-corrected chi connectivity index (χ1v) is 13.8. The average Bonchev–Trinajstić information content (AvgIpc) is 3.67. The summed E-state index contributed by atoms with van der Waals surface area (Å²) in [7, 11) is 0. The van der Waals surface area contributed by atoms with Gasteiger partial charge in [-0.05, 0) is 58.1 Å². The van der Waals surface area contributed by atoms with E-state index in [4.69, 9.17) is 20.6 Å². The van der Waals surface area contributed by atoms with Crippen molar-refractivity contribution in [2.24, 2.45) is 0 Å². The van der Waals surface area contributed by atoms with Gasteiger partial charge in [-0.3, -0.25) is 14.7 Å². The zero-order chi connectivity index (χ0) is 30.2. The average molecular weight is 574 g/mol. The number of aliphatic hydroxyl groups excluding tert-OH is 1. The highest BCUT2D eigenvalue weighted by atomic mass is 16.5. The Morgan fingerprint density at radius 1 is 1.21 bits per heavy atom. The van der Waals surface area contributed by atoms with Gasteiger partial charge in [0, 0.05) is 29.4 Å². The Morgan fingerprint density at radius 2 is 2.02 bits per heavy atom. The van der Waals surface area contributed by atoms with Crippen LogP contribution in [0.15, 0.2) is 30.9 Å². The van der Waals surface area contributed by atoms with Crippen LogP contribution < -0.4 is 5.73 Å². The van der Waals surface area contributed by atoms with Crippen LogP contribution in [0.4, 0.5) is 5.82 Å². The highest BCUT2D eigenvalue weighted by Gasteiger charge is 2.28. The van der Waals surface area contributed by atoms with E-state index in [1.807, 2.05) is 26.8 Å². The number of nitrogens with two attached hydrogens (primary N) is 1. The third kappa shape index (κ3) is 6.62. The van der Waals surface area contributed by atoms with E-state index in [1.165, 1.54) is 17.8 Å². The van der Waals surface area contributed by atoms with E-state index in [2.05, 4.69) is 37.1 Å². The highest BCUT2D eigenvalue weighted by Crippen LogP contribution is 2.28. The molecule has 0 spiro atoms. The Hall–Kier alpha value is -4.67. The van der Waals surface area contributed by atoms with E-state index in [9.17, 15) is 9.59 Å². The van der Waals surface area contributed by atoms with Gasteiger partial charge in [0.1, 0.15) is 24.4 Å². The Bertz CT molecular complexity index is 1590. The number of carbonyl (C=O) groups is 2. The number of anilines is 1. The molecule has 0 radical (unpaired) electrons. The Labute approximate surface area is 243 Å². The van der Waals surface area contributed by atoms with Gasteiger partial charge in [-0.15, -0.1) is 0 Å². The first kappa shape index (κ1) is 30.3. The number of nitrogens with zero attached hydrogens (tertiary/aromatic N) is 7. The predicted octanol–water partition coefficient (Wildman–Crippen LogP) is 2.32. The summed E-state index contributed by atoms with van der Waals surface area (Å²) in [5.41, 5.74) is 9.84. The number of fused-ring (bicyclic) bond motifs is 1. The number of aromatic nitrogens is 7. The van der Waals surface area contributed by atoms with Crippen molar-refractivity contribution in [2.75, 3.05) is 25.6 Å². The molecule has 4 N–H and O–H groups in total. The second-order valence-electron chi connectivity index (χ2n) is 9.87. The maximum absolute atomic E-state index is 13.2. The molecule has 4 rings (SSSR count). The number of carbonyl (C=O) groups excluding carboxylic acids is 2. The van der Waals surface area contributed by atoms with Crippen molar-refractivity contribution in [3.05, 3.63) is 53.6 Å². The summed E-state index contributed by atoms with van der Waals surface area (Å²) in [6, 6.07) is 3.41. The molecule has 4 heterocycles. The smallest absolute Gasteiger partial charge is 0.291 e. The Kier molecular flexibility index (Phi) is 9.95. The molecule has 0 fully saturated rings. The Morgan fingerprint density at radius 3 is 2.67 bits per heavy atom. The van der Waals surface area contributed by atoms with Crippen LogP contribution in [0.3, 0.4) is 0 Å². The number of hydrogen-bond acceptors (Lipinski definition) is 10. The number of nitrogens with one attached hydrogen (secondary N) is 1. The summed E-state index contributed by atoms with van der Waals surface area (Å²) in [5, 5.41) is 19.6. The number of aromatic amines is 1. The normalized spacial score (nSPS) is 12.5. The van der Waals surface area contributed by atoms with Crippen molar-refractivity contribution in [2.45, 2.75) is 59.0 Å². The maximum Gasteiger partial charge on any atom is 0.291 e. The van der Waals surface area contributed by atoms with Crippen molar-refractivity contribution < 1.29 is 19.4 Å². The fraction of sp³-hybridized carbons (Fsp3) is 0.414. The minimum Gasteiger partial charge on any atom is -0.394 e. The molecular weight excluding hydrogens is 538 g/mol. The zero-order valence-electron chi connectivity index (χ0n) is 24.2. The molecule has 13 nitrogen and oxygen atoms in total. The van der Waals surface area contributed by atoms with Gasteiger partial charge in [0.15, 0.2) is 11.4 Å². The molecule has 1 amide bonds. The second kappa shape index (κ2) is 13.8. The number of rotatable bonds is 12. The number of ketones is 1. The molecule has 0 aliphatic heterocycles. The molecule has 220 valence electrons. The number of pyridine rings is 1. The summed E-state index contributed by atoms with van der Waals surface area (Å²) in [4.78, 5) is 41.0. The molecule has 2 atom stereocenters. The van der Waals surface area contributed by atoms with Crippen LogP contribution in [0, 0.1) is 11.8 Å². The van der Waals surface area contributed by atoms with E-state index < -0.39 is 0 Å². The topological polar surface area (TPSA) is 178 Å². The number of hydrogen-bond donors (Lipinski definition) is 3. The lowest BCUT2D eigenvalue weighted by atomic mass is 10.0. The van der Waals surface area contributed by atoms with Crippen LogP contribution in [0.1, 0.15) is 72.9 Å². The van der Waals surface area contributed by atoms with Crippen molar-refractivity contribution in [3.8, 4) is 23.0 Å². The number of Topliss-reactive ketones (excluding diaryl/α,β-unsaturated/α-hetero) is 1. The van der Waals surface area contributed by atoms with Gasteiger partial charge in [0.05, 0.1) is 30.7 Å². The van der Waals surface area contributed by atoms with Gasteiger partial charge >= 0.3 is 0 Å². The molecule has 0 aliphatic carbocycles. The first-order valence-electron chi connectivity index (χ1n) is 13.8. The first-order chi connectivity index (χ1) is 20.3. The van der Waals surface area contributed by atoms with Gasteiger partial charge in [-0.2, -0.15) is 14.7 Å². The van der Waals surface area contributed by atoms with Crippen molar-refractivity contribution in [1.29, 1.82) is 0 Å². The molecule has 42 heavy (non-hydrogen) atoms. The fourth-order valence-electron chi connectivity index (χ4n) is 4.72. The lowest BCUT2D eigenvalue weighted by Gasteiger charge is -2.33. The molecule has 0 aliphatic rings. The van der Waals surface area contributed by atoms with Crippen LogP contribution in [0.5, 0.6) is 0 Å². The summed E-state index contributed by atoms with van der Waals surface area (Å²) in [6.45, 7) is 7.80. The molecule has 13 heteroatoms. The van der Waals surface area contributed by atoms with Crippen LogP contribution in [0.2, 0.25) is 0 Å². The van der Waals surface area contributed by atoms with Crippen LogP contribution in [0.25, 0.3) is 16.8 Å². The van der Waals surface area contributed by atoms with Crippen LogP contribution in [-0.4, -0.2) is 88.4 Å². The third-order valence-electron chi connectivity index (χ3n) is 7.00. The SMILES string of the molecule is CC[C@H](C)N(C(=O)c1ncn[nH]1)C(C)CCc1nc2c(-c3ccc(C#CCOCCO)nc3)cnn2c(N)c1C(C)=O. The van der Waals surface area contributed by atoms with Gasteiger partial charge in [0.2, 0.25) is 5.82 Å². The van der Waals surface area contributed by atoms with Gasteiger partial charge in [-0.25, -0.2) is 15.0 Å². The van der Waals surface area contributed by atoms with E-state index >= 15 is 0 Å². The largest absolute Gasteiger partial charge is 0.394 e. The highest BCUT2D eigenvalue weighted by molar-refractivity contribution is 6.00. The molecular formula is C29H35N9O4. The number of aliphatic hydroxyl groups is 1. The Balaban J connectivity index is 1.62. The molecule has 4 aromatic heterocycles. The van der Waals surface area contributed by atoms with Gasteiger partial charge in [-0.1, -0.05) is 12.8 Å². The third-order valence-corrected chi connectivity index (χ3v) is 7.00. The quantitative estimate of drug-likeness (QED) is 0.129. The standard InChI is InChI=1S/C29H35N9O4/c1-5-18(2)37(29(41)27-32-17-33-36-27)19(3)8-11-24-25(20(4)40)26(30)38-28(35-24)23(16-34-38)21-9-10-22(31-15-21)7-6-13-42-14-12-39/h9-10,15-19,39H,5,8,11-14,30H2,1-4H3,(H,32,33,36)/t18-,19?/m0/s1. The molecule has 0 saturated carbocycles. The van der Waals surface area contributed by atoms with Gasteiger partial charge in [0.25, 0.3) is 5.91 Å². The van der Waals surface area contributed by atoms with E-state index in [1.54, 1.807) is 23.4 Å². The number of amides is 1. The monoisotopic (exact) mass is 573 g/mol. The molecule has 0 aromatic carbocycles. The van der Waals surface area contributed by atoms with Crippen molar-refractivity contribution >= 4 is 23.2 Å².